The first-order valence-electron chi connectivity index (χ1n) is 10.8. The van der Waals surface area contributed by atoms with E-state index in [0.29, 0.717) is 48.0 Å². The zero-order chi connectivity index (χ0) is 23.4. The number of nitrogens with zero attached hydrogens (tertiary/aromatic N) is 3. The van der Waals surface area contributed by atoms with Crippen molar-refractivity contribution in [3.8, 4) is 5.75 Å². The Balaban J connectivity index is 1.65. The minimum atomic E-state index is -1.12. The number of amides is 1. The maximum absolute atomic E-state index is 13.4. The molecule has 33 heavy (non-hydrogen) atoms. The molecule has 4 rings (SSSR count). The Kier molecular flexibility index (Phi) is 6.89. The van der Waals surface area contributed by atoms with E-state index in [1.165, 1.54) is 4.90 Å². The van der Waals surface area contributed by atoms with Crippen LogP contribution in [0.4, 0.5) is 0 Å². The molecule has 1 amide bonds. The van der Waals surface area contributed by atoms with Gasteiger partial charge in [0.1, 0.15) is 11.7 Å². The van der Waals surface area contributed by atoms with E-state index in [1.807, 2.05) is 29.8 Å². The smallest absolute Gasteiger partial charge is 0.291 e. The molecule has 7 nitrogen and oxygen atoms in total. The zero-order valence-corrected chi connectivity index (χ0v) is 18.9. The molecule has 2 heterocycles. The van der Waals surface area contributed by atoms with Crippen LogP contribution in [0.25, 0.3) is 0 Å². The van der Waals surface area contributed by atoms with Gasteiger partial charge in [-0.3, -0.25) is 14.4 Å². The third-order valence-corrected chi connectivity index (χ3v) is 5.98. The van der Waals surface area contributed by atoms with Gasteiger partial charge < -0.3 is 14.2 Å². The number of rotatable bonds is 9. The standard InChI is InChI=1S/C25H24ClN3O4/c1-2-33-20-10-6-17(7-11-20)22-21(23(30)18-4-8-19(26)9-5-18)24(31)25(32)29(22)14-3-13-28-15-12-27-16-28/h4-12,15-16,21-22H,2-3,13-14H2,1H3. The zero-order valence-electron chi connectivity index (χ0n) is 18.2. The molecule has 0 bridgehead atoms. The SMILES string of the molecule is CCOc1ccc(C2C(C(=O)c3ccc(Cl)cc3)C(=O)C(=O)N2CCCn2ccnc2)cc1. The molecule has 0 radical (unpaired) electrons. The number of carbonyl (C=O) groups excluding carboxylic acids is 3. The van der Waals surface area contributed by atoms with E-state index < -0.39 is 23.7 Å². The van der Waals surface area contributed by atoms with Crippen LogP contribution in [0.1, 0.15) is 35.3 Å². The summed E-state index contributed by atoms with van der Waals surface area (Å²) in [5.41, 5.74) is 1.06. The lowest BCUT2D eigenvalue weighted by atomic mass is 9.86. The summed E-state index contributed by atoms with van der Waals surface area (Å²) in [7, 11) is 0. The van der Waals surface area contributed by atoms with Crippen molar-refractivity contribution in [3.63, 3.8) is 0 Å². The van der Waals surface area contributed by atoms with Gasteiger partial charge in [-0.05, 0) is 55.3 Å². The highest BCUT2D eigenvalue weighted by Crippen LogP contribution is 2.39. The van der Waals surface area contributed by atoms with E-state index in [-0.39, 0.29) is 5.78 Å². The van der Waals surface area contributed by atoms with Gasteiger partial charge in [0, 0.05) is 36.1 Å². The second-order valence-electron chi connectivity index (χ2n) is 7.81. The highest BCUT2D eigenvalue weighted by molar-refractivity contribution is 6.44. The molecule has 8 heteroatoms. The first-order valence-corrected chi connectivity index (χ1v) is 11.2. The van der Waals surface area contributed by atoms with Crippen LogP contribution in [0.3, 0.4) is 0 Å². The van der Waals surface area contributed by atoms with Crippen molar-refractivity contribution in [2.24, 2.45) is 5.92 Å². The van der Waals surface area contributed by atoms with E-state index in [2.05, 4.69) is 4.98 Å². The maximum atomic E-state index is 13.4. The van der Waals surface area contributed by atoms with Crippen molar-refractivity contribution in [1.82, 2.24) is 14.5 Å². The Hall–Kier alpha value is -3.45. The summed E-state index contributed by atoms with van der Waals surface area (Å²) in [5, 5.41) is 0.490. The average Bonchev–Trinajstić information content (AvgIpc) is 3.42. The summed E-state index contributed by atoms with van der Waals surface area (Å²) >= 11 is 5.96. The predicted octanol–water partition coefficient (Wildman–Crippen LogP) is 3.98. The number of ether oxygens (including phenoxy) is 1. The third kappa shape index (κ3) is 4.83. The van der Waals surface area contributed by atoms with Crippen molar-refractivity contribution >= 4 is 29.1 Å². The number of halogens is 1. The number of ketones is 2. The number of likely N-dealkylation sites (tertiary alicyclic amines) is 1. The first-order chi connectivity index (χ1) is 16.0. The molecule has 2 unspecified atom stereocenters. The molecule has 0 aliphatic carbocycles. The van der Waals surface area contributed by atoms with Crippen LogP contribution >= 0.6 is 11.6 Å². The fraction of sp³-hybridized carbons (Fsp3) is 0.280. The number of aryl methyl sites for hydroxylation is 1. The number of imidazole rings is 1. The molecule has 2 atom stereocenters. The predicted molar refractivity (Wildman–Crippen MR) is 123 cm³/mol. The quantitative estimate of drug-likeness (QED) is 0.271. The van der Waals surface area contributed by atoms with Crippen LogP contribution in [-0.2, 0) is 16.1 Å². The monoisotopic (exact) mass is 465 g/mol. The van der Waals surface area contributed by atoms with Crippen molar-refractivity contribution in [3.05, 3.63) is 83.4 Å². The minimum absolute atomic E-state index is 0.338. The van der Waals surface area contributed by atoms with E-state index in [9.17, 15) is 14.4 Å². The van der Waals surface area contributed by atoms with Gasteiger partial charge in [-0.25, -0.2) is 4.98 Å². The molecule has 1 aromatic heterocycles. The Morgan fingerprint density at radius 2 is 1.79 bits per heavy atom. The molecule has 3 aromatic rings. The van der Waals surface area contributed by atoms with Gasteiger partial charge in [0.25, 0.3) is 5.91 Å². The summed E-state index contributed by atoms with van der Waals surface area (Å²) in [5.74, 6) is -2.14. The first kappa shape index (κ1) is 22.7. The molecule has 0 N–H and O–H groups in total. The molecule has 0 spiro atoms. The van der Waals surface area contributed by atoms with E-state index >= 15 is 0 Å². The molecule has 1 saturated heterocycles. The summed E-state index contributed by atoms with van der Waals surface area (Å²) in [6.07, 6.45) is 5.85. The molecular formula is C25H24ClN3O4. The van der Waals surface area contributed by atoms with Gasteiger partial charge in [-0.15, -0.1) is 0 Å². The Bertz CT molecular complexity index is 1130. The third-order valence-electron chi connectivity index (χ3n) is 5.72. The van der Waals surface area contributed by atoms with Gasteiger partial charge in [0.05, 0.1) is 19.0 Å². The molecule has 0 saturated carbocycles. The number of Topliss-reactive ketones (excluding diaryl/α,β-unsaturated/α-hetero) is 2. The summed E-state index contributed by atoms with van der Waals surface area (Å²) < 4.78 is 7.43. The van der Waals surface area contributed by atoms with Crippen molar-refractivity contribution < 1.29 is 19.1 Å². The fourth-order valence-corrected chi connectivity index (χ4v) is 4.29. The fourth-order valence-electron chi connectivity index (χ4n) is 4.16. The average molecular weight is 466 g/mol. The summed E-state index contributed by atoms with van der Waals surface area (Å²) in [4.78, 5) is 45.0. The number of hydrogen-bond donors (Lipinski definition) is 0. The molecular weight excluding hydrogens is 442 g/mol. The van der Waals surface area contributed by atoms with E-state index in [4.69, 9.17) is 16.3 Å². The second kappa shape index (κ2) is 10.0. The van der Waals surface area contributed by atoms with Crippen molar-refractivity contribution in [2.45, 2.75) is 25.9 Å². The lowest BCUT2D eigenvalue weighted by Crippen LogP contribution is -2.32. The van der Waals surface area contributed by atoms with Gasteiger partial charge >= 0.3 is 0 Å². The Labute approximate surface area is 196 Å². The largest absolute Gasteiger partial charge is 0.494 e. The van der Waals surface area contributed by atoms with Crippen LogP contribution < -0.4 is 4.74 Å². The van der Waals surface area contributed by atoms with Crippen LogP contribution in [0, 0.1) is 5.92 Å². The Morgan fingerprint density at radius 1 is 1.06 bits per heavy atom. The lowest BCUT2D eigenvalue weighted by molar-refractivity contribution is -0.140. The number of hydrogen-bond acceptors (Lipinski definition) is 5. The summed E-state index contributed by atoms with van der Waals surface area (Å²) in [6.45, 7) is 3.40. The topological polar surface area (TPSA) is 81.5 Å². The van der Waals surface area contributed by atoms with Crippen LogP contribution in [0.2, 0.25) is 5.02 Å². The van der Waals surface area contributed by atoms with E-state index in [1.54, 1.807) is 48.9 Å². The van der Waals surface area contributed by atoms with Crippen molar-refractivity contribution in [1.29, 1.82) is 0 Å². The van der Waals surface area contributed by atoms with Crippen LogP contribution in [0.15, 0.2) is 67.3 Å². The lowest BCUT2D eigenvalue weighted by Gasteiger charge is -2.27. The van der Waals surface area contributed by atoms with E-state index in [0.717, 1.165) is 0 Å². The molecule has 170 valence electrons. The maximum Gasteiger partial charge on any atom is 0.291 e. The van der Waals surface area contributed by atoms with Gasteiger partial charge in [-0.2, -0.15) is 0 Å². The Morgan fingerprint density at radius 3 is 2.42 bits per heavy atom. The van der Waals surface area contributed by atoms with Gasteiger partial charge in [0.2, 0.25) is 5.78 Å². The number of aromatic nitrogens is 2. The molecule has 1 aliphatic heterocycles. The highest BCUT2D eigenvalue weighted by Gasteiger charge is 2.51. The normalized spacial score (nSPS) is 18.1. The van der Waals surface area contributed by atoms with Gasteiger partial charge in [0.15, 0.2) is 5.78 Å². The molecule has 2 aromatic carbocycles. The minimum Gasteiger partial charge on any atom is -0.494 e. The second-order valence-corrected chi connectivity index (χ2v) is 8.25. The van der Waals surface area contributed by atoms with Crippen LogP contribution in [-0.4, -0.2) is 45.1 Å². The molecule has 1 fully saturated rings. The van der Waals surface area contributed by atoms with Crippen LogP contribution in [0.5, 0.6) is 5.75 Å². The van der Waals surface area contributed by atoms with Gasteiger partial charge in [-0.1, -0.05) is 23.7 Å². The number of carbonyl (C=O) groups is 3. The molecule has 1 aliphatic rings. The summed E-state index contributed by atoms with van der Waals surface area (Å²) in [6, 6.07) is 12.9. The highest BCUT2D eigenvalue weighted by atomic mass is 35.5. The number of benzene rings is 2. The van der Waals surface area contributed by atoms with Crippen molar-refractivity contribution in [2.75, 3.05) is 13.2 Å².